The summed E-state index contributed by atoms with van der Waals surface area (Å²) >= 11 is 1.60. The van der Waals surface area contributed by atoms with Gasteiger partial charge in [-0.15, -0.1) is 11.3 Å². The highest BCUT2D eigenvalue weighted by Gasteiger charge is 2.10. The number of amides is 1. The van der Waals surface area contributed by atoms with Crippen LogP contribution >= 0.6 is 11.3 Å². The van der Waals surface area contributed by atoms with E-state index >= 15 is 0 Å². The number of hydrogen-bond donors (Lipinski definition) is 0. The monoisotopic (exact) mass is 290 g/mol. The molecule has 0 saturated carbocycles. The quantitative estimate of drug-likeness (QED) is 0.821. The van der Waals surface area contributed by atoms with Gasteiger partial charge in [0.1, 0.15) is 5.75 Å². The molecule has 20 heavy (non-hydrogen) atoms. The van der Waals surface area contributed by atoms with Crippen LogP contribution in [-0.4, -0.2) is 29.4 Å². The first-order valence-corrected chi connectivity index (χ1v) is 7.36. The number of thiazole rings is 1. The van der Waals surface area contributed by atoms with E-state index in [1.165, 1.54) is 0 Å². The Balaban J connectivity index is 1.74. The summed E-state index contributed by atoms with van der Waals surface area (Å²) in [6, 6.07) is 9.52. The number of benzene rings is 1. The van der Waals surface area contributed by atoms with E-state index in [-0.39, 0.29) is 5.91 Å². The Morgan fingerprint density at radius 2 is 2.10 bits per heavy atom. The fourth-order valence-electron chi connectivity index (χ4n) is 1.78. The molecule has 0 saturated heterocycles. The molecule has 0 fully saturated rings. The van der Waals surface area contributed by atoms with Crippen molar-refractivity contribution in [3.63, 3.8) is 0 Å². The Morgan fingerprint density at radius 3 is 2.75 bits per heavy atom. The van der Waals surface area contributed by atoms with Gasteiger partial charge in [-0.05, 0) is 19.1 Å². The summed E-state index contributed by atoms with van der Waals surface area (Å²) in [4.78, 5) is 18.0. The number of carbonyl (C=O) groups excluding carboxylic acids is 1. The summed E-state index contributed by atoms with van der Waals surface area (Å²) in [6.07, 6.45) is 0.370. The minimum Gasteiger partial charge on any atom is -0.493 e. The Morgan fingerprint density at radius 1 is 1.35 bits per heavy atom. The molecule has 1 aromatic carbocycles. The van der Waals surface area contributed by atoms with E-state index < -0.39 is 0 Å². The van der Waals surface area contributed by atoms with Crippen LogP contribution in [0.5, 0.6) is 5.75 Å². The first-order valence-electron chi connectivity index (χ1n) is 6.48. The van der Waals surface area contributed by atoms with Gasteiger partial charge in [-0.25, -0.2) is 4.98 Å². The zero-order valence-corrected chi connectivity index (χ0v) is 12.5. The van der Waals surface area contributed by atoms with Crippen molar-refractivity contribution < 1.29 is 9.53 Å². The van der Waals surface area contributed by atoms with Gasteiger partial charge in [-0.1, -0.05) is 18.2 Å². The molecule has 0 bridgehead atoms. The standard InChI is InChI=1S/C15H18N2O2S/c1-12-16-13(11-20-12)10-17(2)15(18)8-9-19-14-6-4-3-5-7-14/h3-7,11H,8-10H2,1-2H3. The maximum atomic E-state index is 12.0. The van der Waals surface area contributed by atoms with Gasteiger partial charge >= 0.3 is 0 Å². The lowest BCUT2D eigenvalue weighted by Crippen LogP contribution is -2.27. The first kappa shape index (κ1) is 14.5. The number of rotatable bonds is 6. The van der Waals surface area contributed by atoms with Crippen molar-refractivity contribution in [2.45, 2.75) is 19.9 Å². The van der Waals surface area contributed by atoms with E-state index in [1.54, 1.807) is 23.3 Å². The molecule has 0 spiro atoms. The number of carbonyl (C=O) groups is 1. The largest absolute Gasteiger partial charge is 0.493 e. The maximum absolute atomic E-state index is 12.0. The third kappa shape index (κ3) is 4.35. The Hall–Kier alpha value is -1.88. The van der Waals surface area contributed by atoms with Gasteiger partial charge in [-0.2, -0.15) is 0 Å². The highest BCUT2D eigenvalue weighted by atomic mass is 32.1. The lowest BCUT2D eigenvalue weighted by molar-refractivity contribution is -0.131. The van der Waals surface area contributed by atoms with Crippen molar-refractivity contribution >= 4 is 17.2 Å². The molecular weight excluding hydrogens is 272 g/mol. The second-order valence-electron chi connectivity index (χ2n) is 4.52. The van der Waals surface area contributed by atoms with Gasteiger partial charge in [0.05, 0.1) is 30.3 Å². The molecule has 0 aliphatic carbocycles. The molecule has 4 nitrogen and oxygen atoms in total. The fraction of sp³-hybridized carbons (Fsp3) is 0.333. The fourth-order valence-corrected chi connectivity index (χ4v) is 2.38. The van der Waals surface area contributed by atoms with Crippen LogP contribution in [0, 0.1) is 6.92 Å². The van der Waals surface area contributed by atoms with Gasteiger partial charge in [0, 0.05) is 12.4 Å². The van der Waals surface area contributed by atoms with Crippen LogP contribution in [0.15, 0.2) is 35.7 Å². The number of aromatic nitrogens is 1. The van der Waals surface area contributed by atoms with Crippen molar-refractivity contribution in [2.24, 2.45) is 0 Å². The second-order valence-corrected chi connectivity index (χ2v) is 5.58. The zero-order chi connectivity index (χ0) is 14.4. The second kappa shape index (κ2) is 7.05. The minimum absolute atomic E-state index is 0.0617. The molecule has 0 radical (unpaired) electrons. The number of para-hydroxylation sites is 1. The topological polar surface area (TPSA) is 42.4 Å². The summed E-state index contributed by atoms with van der Waals surface area (Å²) in [6.45, 7) is 2.90. The summed E-state index contributed by atoms with van der Waals surface area (Å²) in [5.74, 6) is 0.852. The summed E-state index contributed by atoms with van der Waals surface area (Å²) < 4.78 is 5.52. The predicted octanol–water partition coefficient (Wildman–Crippen LogP) is 2.88. The molecule has 1 heterocycles. The van der Waals surface area contributed by atoms with Gasteiger partial charge in [0.2, 0.25) is 5.91 Å². The molecule has 106 valence electrons. The van der Waals surface area contributed by atoms with Crippen molar-refractivity contribution in [1.29, 1.82) is 0 Å². The van der Waals surface area contributed by atoms with Crippen LogP contribution in [0.1, 0.15) is 17.1 Å². The van der Waals surface area contributed by atoms with Crippen molar-refractivity contribution in [3.8, 4) is 5.75 Å². The summed E-state index contributed by atoms with van der Waals surface area (Å²) in [7, 11) is 1.79. The average Bonchev–Trinajstić information content (AvgIpc) is 2.85. The molecule has 0 aliphatic rings. The highest BCUT2D eigenvalue weighted by Crippen LogP contribution is 2.11. The lowest BCUT2D eigenvalue weighted by atomic mass is 10.3. The van der Waals surface area contributed by atoms with E-state index in [9.17, 15) is 4.79 Å². The molecule has 0 unspecified atom stereocenters. The third-order valence-electron chi connectivity index (χ3n) is 2.82. The molecule has 2 rings (SSSR count). The van der Waals surface area contributed by atoms with Crippen molar-refractivity contribution in [3.05, 3.63) is 46.4 Å². The van der Waals surface area contributed by atoms with E-state index in [2.05, 4.69) is 4.98 Å². The number of hydrogen-bond acceptors (Lipinski definition) is 4. The van der Waals surface area contributed by atoms with Crippen LogP contribution in [0.3, 0.4) is 0 Å². The number of aryl methyl sites for hydroxylation is 1. The minimum atomic E-state index is 0.0617. The average molecular weight is 290 g/mol. The molecule has 1 aromatic heterocycles. The van der Waals surface area contributed by atoms with Gasteiger partial charge in [0.15, 0.2) is 0 Å². The molecule has 5 heteroatoms. The van der Waals surface area contributed by atoms with E-state index in [0.29, 0.717) is 19.6 Å². The maximum Gasteiger partial charge on any atom is 0.226 e. The van der Waals surface area contributed by atoms with E-state index in [4.69, 9.17) is 4.74 Å². The molecule has 0 aliphatic heterocycles. The third-order valence-corrected chi connectivity index (χ3v) is 3.64. The SMILES string of the molecule is Cc1nc(CN(C)C(=O)CCOc2ccccc2)cs1. The summed E-state index contributed by atoms with van der Waals surface area (Å²) in [5, 5.41) is 3.01. The normalized spacial score (nSPS) is 10.3. The molecule has 1 amide bonds. The Labute approximate surface area is 123 Å². The van der Waals surface area contributed by atoms with Gasteiger partial charge < -0.3 is 9.64 Å². The molecule has 0 N–H and O–H groups in total. The Bertz CT molecular complexity index is 554. The highest BCUT2D eigenvalue weighted by molar-refractivity contribution is 7.09. The van der Waals surface area contributed by atoms with E-state index in [0.717, 1.165) is 16.5 Å². The van der Waals surface area contributed by atoms with E-state index in [1.807, 2.05) is 42.6 Å². The first-order chi connectivity index (χ1) is 9.65. The predicted molar refractivity (Wildman–Crippen MR) is 79.9 cm³/mol. The molecule has 0 atom stereocenters. The van der Waals surface area contributed by atoms with Gasteiger partial charge in [0.25, 0.3) is 0 Å². The zero-order valence-electron chi connectivity index (χ0n) is 11.7. The van der Waals surface area contributed by atoms with Crippen LogP contribution in [0.4, 0.5) is 0 Å². The lowest BCUT2D eigenvalue weighted by Gasteiger charge is -2.16. The summed E-state index contributed by atoms with van der Waals surface area (Å²) in [5.41, 5.74) is 0.937. The van der Waals surface area contributed by atoms with Crippen LogP contribution in [-0.2, 0) is 11.3 Å². The van der Waals surface area contributed by atoms with Crippen molar-refractivity contribution in [1.82, 2.24) is 9.88 Å². The smallest absolute Gasteiger partial charge is 0.226 e. The van der Waals surface area contributed by atoms with Crippen molar-refractivity contribution in [2.75, 3.05) is 13.7 Å². The number of nitrogens with zero attached hydrogens (tertiary/aromatic N) is 2. The number of ether oxygens (including phenoxy) is 1. The van der Waals surface area contributed by atoms with Crippen LogP contribution in [0.2, 0.25) is 0 Å². The Kier molecular flexibility index (Phi) is 5.12. The molecule has 2 aromatic rings. The molecular formula is C15H18N2O2S. The van der Waals surface area contributed by atoms with Gasteiger partial charge in [-0.3, -0.25) is 4.79 Å². The van der Waals surface area contributed by atoms with Crippen LogP contribution < -0.4 is 4.74 Å². The van der Waals surface area contributed by atoms with Crippen LogP contribution in [0.25, 0.3) is 0 Å².